The Morgan fingerprint density at radius 1 is 1.27 bits per heavy atom. The summed E-state index contributed by atoms with van der Waals surface area (Å²) in [5, 5.41) is 18.6. The Bertz CT molecular complexity index is 164. The molecule has 0 radical (unpaired) electrons. The van der Waals surface area contributed by atoms with Crippen LogP contribution in [0.3, 0.4) is 0 Å². The summed E-state index contributed by atoms with van der Waals surface area (Å²) in [6, 6.07) is 0. The van der Waals surface area contributed by atoms with Gasteiger partial charge in [-0.15, -0.1) is 0 Å². The monoisotopic (exact) mass is 270 g/mol. The molecule has 1 aliphatic carbocycles. The fourth-order valence-corrected chi connectivity index (χ4v) is 3.01. The van der Waals surface area contributed by atoms with E-state index >= 15 is 0 Å². The third-order valence-electron chi connectivity index (χ3n) is 2.53. The van der Waals surface area contributed by atoms with Crippen LogP contribution in [-0.2, 0) is 4.74 Å². The van der Waals surface area contributed by atoms with Gasteiger partial charge < -0.3 is 14.9 Å². The number of rotatable bonds is 0. The van der Waals surface area contributed by atoms with Crippen LogP contribution < -0.4 is 0 Å². The molecular formula is C7H11IO3. The van der Waals surface area contributed by atoms with Crippen LogP contribution in [0.4, 0.5) is 0 Å². The Kier molecular flexibility index (Phi) is 2.11. The zero-order valence-corrected chi connectivity index (χ0v) is 8.14. The second-order valence-corrected chi connectivity index (χ2v) is 4.71. The maximum Gasteiger partial charge on any atom is 0.155 e. The summed E-state index contributed by atoms with van der Waals surface area (Å²) in [6.07, 6.45) is 0.653. The summed E-state index contributed by atoms with van der Waals surface area (Å²) in [5.74, 6) is 0.362. The van der Waals surface area contributed by atoms with Crippen molar-refractivity contribution in [3.05, 3.63) is 0 Å². The molecule has 1 aliphatic heterocycles. The molecule has 0 amide bonds. The fourth-order valence-electron chi connectivity index (χ4n) is 1.96. The zero-order chi connectivity index (χ0) is 8.01. The average Bonchev–Trinajstić information content (AvgIpc) is 2.37. The Balaban J connectivity index is 2.07. The predicted molar refractivity (Wildman–Crippen MR) is 47.4 cm³/mol. The van der Waals surface area contributed by atoms with Crippen molar-refractivity contribution >= 4 is 22.6 Å². The standard InChI is InChI=1S/C7H11IO3/c8-7-3-1-6(10)11-5(3)2-4(7)9/h3-7,9-10H,1-2H2. The molecule has 1 saturated carbocycles. The first-order chi connectivity index (χ1) is 5.18. The number of halogens is 1. The molecule has 3 nitrogen and oxygen atoms in total. The number of aliphatic hydroxyl groups is 2. The van der Waals surface area contributed by atoms with E-state index < -0.39 is 6.29 Å². The molecule has 4 heteroatoms. The first-order valence-electron chi connectivity index (χ1n) is 3.84. The summed E-state index contributed by atoms with van der Waals surface area (Å²) >= 11 is 2.24. The summed E-state index contributed by atoms with van der Waals surface area (Å²) in [4.78, 5) is 0. The maximum absolute atomic E-state index is 9.42. The third-order valence-corrected chi connectivity index (χ3v) is 4.29. The Morgan fingerprint density at radius 3 is 2.64 bits per heavy atom. The minimum absolute atomic E-state index is 0.0990. The molecule has 0 aromatic carbocycles. The molecule has 11 heavy (non-hydrogen) atoms. The van der Waals surface area contributed by atoms with Crippen molar-refractivity contribution < 1.29 is 14.9 Å². The van der Waals surface area contributed by atoms with E-state index in [4.69, 9.17) is 9.84 Å². The van der Waals surface area contributed by atoms with Crippen LogP contribution in [0.15, 0.2) is 0 Å². The van der Waals surface area contributed by atoms with Crippen LogP contribution in [0, 0.1) is 5.92 Å². The van der Waals surface area contributed by atoms with E-state index in [1.54, 1.807) is 0 Å². The lowest BCUT2D eigenvalue weighted by atomic mass is 10.0. The van der Waals surface area contributed by atoms with Gasteiger partial charge in [0.05, 0.1) is 12.2 Å². The molecule has 0 aromatic rings. The highest BCUT2D eigenvalue weighted by Gasteiger charge is 2.47. The number of fused-ring (bicyclic) bond motifs is 1. The zero-order valence-electron chi connectivity index (χ0n) is 5.98. The highest BCUT2D eigenvalue weighted by atomic mass is 127. The SMILES string of the molecule is OC1CC2C(CC(O)C2I)O1. The summed E-state index contributed by atoms with van der Waals surface area (Å²) < 4.78 is 5.48. The van der Waals surface area contributed by atoms with Crippen LogP contribution >= 0.6 is 22.6 Å². The van der Waals surface area contributed by atoms with Crippen molar-refractivity contribution in [2.24, 2.45) is 5.92 Å². The molecule has 2 fully saturated rings. The lowest BCUT2D eigenvalue weighted by Gasteiger charge is -2.11. The quantitative estimate of drug-likeness (QED) is 0.491. The van der Waals surface area contributed by atoms with Crippen molar-refractivity contribution in [2.75, 3.05) is 0 Å². The van der Waals surface area contributed by atoms with E-state index in [1.807, 2.05) is 0 Å². The molecule has 5 atom stereocenters. The summed E-state index contributed by atoms with van der Waals surface area (Å²) in [7, 11) is 0. The lowest BCUT2D eigenvalue weighted by molar-refractivity contribution is -0.0947. The minimum Gasteiger partial charge on any atom is -0.392 e. The first-order valence-corrected chi connectivity index (χ1v) is 5.08. The van der Waals surface area contributed by atoms with Gasteiger partial charge in [0, 0.05) is 22.7 Å². The second kappa shape index (κ2) is 2.83. The predicted octanol–water partition coefficient (Wildman–Crippen LogP) is 0.278. The van der Waals surface area contributed by atoms with Gasteiger partial charge in [-0.25, -0.2) is 0 Å². The molecule has 0 bridgehead atoms. The maximum atomic E-state index is 9.42. The van der Waals surface area contributed by atoms with Crippen molar-refractivity contribution in [1.29, 1.82) is 0 Å². The highest BCUT2D eigenvalue weighted by Crippen LogP contribution is 2.42. The average molecular weight is 270 g/mol. The molecule has 0 spiro atoms. The van der Waals surface area contributed by atoms with Gasteiger partial charge in [0.2, 0.25) is 0 Å². The molecule has 2 aliphatic rings. The molecule has 1 heterocycles. The number of hydrogen-bond acceptors (Lipinski definition) is 3. The molecule has 2 N–H and O–H groups in total. The molecule has 2 rings (SSSR count). The van der Waals surface area contributed by atoms with E-state index in [0.717, 1.165) is 0 Å². The van der Waals surface area contributed by atoms with E-state index in [2.05, 4.69) is 22.6 Å². The van der Waals surface area contributed by atoms with Crippen molar-refractivity contribution in [3.63, 3.8) is 0 Å². The lowest BCUT2D eigenvalue weighted by Crippen LogP contribution is -2.19. The van der Waals surface area contributed by atoms with Gasteiger partial charge in [-0.3, -0.25) is 0 Å². The number of aliphatic hydroxyl groups excluding tert-OH is 2. The Morgan fingerprint density at radius 2 is 2.00 bits per heavy atom. The van der Waals surface area contributed by atoms with Crippen LogP contribution in [0.25, 0.3) is 0 Å². The van der Waals surface area contributed by atoms with E-state index in [-0.39, 0.29) is 16.1 Å². The van der Waals surface area contributed by atoms with E-state index in [0.29, 0.717) is 18.8 Å². The molecular weight excluding hydrogens is 259 g/mol. The topological polar surface area (TPSA) is 49.7 Å². The van der Waals surface area contributed by atoms with Gasteiger partial charge in [0.1, 0.15) is 0 Å². The van der Waals surface area contributed by atoms with Gasteiger partial charge in [-0.2, -0.15) is 0 Å². The smallest absolute Gasteiger partial charge is 0.155 e. The van der Waals surface area contributed by atoms with Gasteiger partial charge in [-0.1, -0.05) is 22.6 Å². The van der Waals surface area contributed by atoms with Gasteiger partial charge in [-0.05, 0) is 0 Å². The van der Waals surface area contributed by atoms with Crippen LogP contribution in [-0.4, -0.2) is 32.6 Å². The number of alkyl halides is 1. The first kappa shape index (κ1) is 8.22. The van der Waals surface area contributed by atoms with Crippen molar-refractivity contribution in [2.45, 2.75) is 35.3 Å². The molecule has 1 saturated heterocycles. The van der Waals surface area contributed by atoms with Crippen LogP contribution in [0.2, 0.25) is 0 Å². The van der Waals surface area contributed by atoms with Gasteiger partial charge in [0.25, 0.3) is 0 Å². The van der Waals surface area contributed by atoms with E-state index in [1.165, 1.54) is 0 Å². The molecule has 0 aromatic heterocycles. The van der Waals surface area contributed by atoms with Crippen LogP contribution in [0.5, 0.6) is 0 Å². The highest BCUT2D eigenvalue weighted by molar-refractivity contribution is 14.1. The van der Waals surface area contributed by atoms with Crippen molar-refractivity contribution in [1.82, 2.24) is 0 Å². The Labute approximate surface area is 78.9 Å². The van der Waals surface area contributed by atoms with Gasteiger partial charge in [0.15, 0.2) is 6.29 Å². The second-order valence-electron chi connectivity index (χ2n) is 3.28. The molecule has 64 valence electrons. The number of hydrogen-bond donors (Lipinski definition) is 2. The van der Waals surface area contributed by atoms with E-state index in [9.17, 15) is 5.11 Å². The van der Waals surface area contributed by atoms with Crippen molar-refractivity contribution in [3.8, 4) is 0 Å². The molecule has 5 unspecified atom stereocenters. The van der Waals surface area contributed by atoms with Crippen LogP contribution in [0.1, 0.15) is 12.8 Å². The van der Waals surface area contributed by atoms with Gasteiger partial charge >= 0.3 is 0 Å². The normalized spacial score (nSPS) is 56.5. The third kappa shape index (κ3) is 1.30. The number of ether oxygens (including phenoxy) is 1. The largest absolute Gasteiger partial charge is 0.392 e. The Hall–Kier alpha value is 0.610. The summed E-state index contributed by atoms with van der Waals surface area (Å²) in [5.41, 5.74) is 0. The summed E-state index contributed by atoms with van der Waals surface area (Å²) in [6.45, 7) is 0. The minimum atomic E-state index is -0.588. The fraction of sp³-hybridized carbons (Fsp3) is 1.00.